The number of carbonyl (C=O) groups is 1. The van der Waals surface area contributed by atoms with E-state index in [4.69, 9.17) is 11.6 Å². The molecule has 3 rings (SSSR count). The summed E-state index contributed by atoms with van der Waals surface area (Å²) in [7, 11) is 0. The number of hydrogen-bond acceptors (Lipinski definition) is 3. The lowest BCUT2D eigenvalue weighted by Crippen LogP contribution is -2.46. The molecule has 1 fully saturated rings. The lowest BCUT2D eigenvalue weighted by atomic mass is 9.94. The molecule has 1 aliphatic rings. The molecule has 0 spiro atoms. The van der Waals surface area contributed by atoms with Gasteiger partial charge in [-0.25, -0.2) is 4.68 Å². The highest BCUT2D eigenvalue weighted by Gasteiger charge is 2.30. The fraction of sp³-hybridized carbons (Fsp3) is 0.412. The Labute approximate surface area is 140 Å². The molecule has 1 aliphatic heterocycles. The third-order valence-electron chi connectivity index (χ3n) is 4.41. The summed E-state index contributed by atoms with van der Waals surface area (Å²) in [5.74, 6) is 0.0576. The number of hydrogen-bond donors (Lipinski definition) is 1. The molecular formula is C17H20ClN3O2. The van der Waals surface area contributed by atoms with Gasteiger partial charge in [0.05, 0.1) is 10.7 Å². The van der Waals surface area contributed by atoms with Crippen molar-refractivity contribution in [2.45, 2.75) is 25.8 Å². The number of benzene rings is 1. The first-order chi connectivity index (χ1) is 11.1. The molecular weight excluding hydrogens is 314 g/mol. The quantitative estimate of drug-likeness (QED) is 0.939. The summed E-state index contributed by atoms with van der Waals surface area (Å²) in [6.07, 6.45) is 3.60. The van der Waals surface area contributed by atoms with Gasteiger partial charge in [-0.3, -0.25) is 4.79 Å². The number of amides is 1. The molecule has 6 heteroatoms. The van der Waals surface area contributed by atoms with Gasteiger partial charge < -0.3 is 10.0 Å². The Morgan fingerprint density at radius 2 is 2.13 bits per heavy atom. The third kappa shape index (κ3) is 3.26. The van der Waals surface area contributed by atoms with Gasteiger partial charge in [0.15, 0.2) is 5.69 Å². The van der Waals surface area contributed by atoms with Gasteiger partial charge in [0.25, 0.3) is 5.91 Å². The van der Waals surface area contributed by atoms with Crippen LogP contribution in [-0.4, -0.2) is 44.9 Å². The summed E-state index contributed by atoms with van der Waals surface area (Å²) in [5.41, 5.74) is 1.14. The van der Waals surface area contributed by atoms with Crippen LogP contribution < -0.4 is 0 Å². The van der Waals surface area contributed by atoms with Crippen molar-refractivity contribution in [1.29, 1.82) is 0 Å². The van der Waals surface area contributed by atoms with Crippen LogP contribution in [0.2, 0.25) is 5.02 Å². The van der Waals surface area contributed by atoms with E-state index in [1.165, 1.54) is 0 Å². The Hall–Kier alpha value is -1.85. The van der Waals surface area contributed by atoms with Crippen LogP contribution in [0.15, 0.2) is 36.5 Å². The molecule has 5 nitrogen and oxygen atoms in total. The average Bonchev–Trinajstić information content (AvgIpc) is 3.05. The van der Waals surface area contributed by atoms with Crippen molar-refractivity contribution in [1.82, 2.24) is 14.7 Å². The first-order valence-corrected chi connectivity index (χ1v) is 8.20. The molecule has 1 saturated heterocycles. The summed E-state index contributed by atoms with van der Waals surface area (Å²) in [6.45, 7) is 2.73. The second kappa shape index (κ2) is 6.72. The van der Waals surface area contributed by atoms with Crippen molar-refractivity contribution in [3.63, 3.8) is 0 Å². The minimum Gasteiger partial charge on any atom is -0.396 e. The van der Waals surface area contributed by atoms with Gasteiger partial charge in [0.2, 0.25) is 0 Å². The van der Waals surface area contributed by atoms with Crippen LogP contribution >= 0.6 is 11.6 Å². The van der Waals surface area contributed by atoms with Gasteiger partial charge in [-0.1, -0.05) is 23.7 Å². The minimum absolute atomic E-state index is 0.0959. The van der Waals surface area contributed by atoms with Crippen LogP contribution in [0.3, 0.4) is 0 Å². The zero-order chi connectivity index (χ0) is 16.4. The number of carbonyl (C=O) groups excluding carboxylic acids is 1. The molecule has 122 valence electrons. The number of aliphatic hydroxyl groups is 1. The van der Waals surface area contributed by atoms with Crippen LogP contribution in [0.1, 0.15) is 30.3 Å². The second-order valence-corrected chi connectivity index (χ2v) is 6.44. The molecule has 1 N–H and O–H groups in total. The summed E-state index contributed by atoms with van der Waals surface area (Å²) < 4.78 is 1.62. The number of likely N-dealkylation sites (tertiary alicyclic amines) is 1. The number of rotatable bonds is 3. The highest BCUT2D eigenvalue weighted by molar-refractivity contribution is 6.32. The Morgan fingerprint density at radius 1 is 1.35 bits per heavy atom. The van der Waals surface area contributed by atoms with Crippen molar-refractivity contribution < 1.29 is 9.90 Å². The summed E-state index contributed by atoms with van der Waals surface area (Å²) in [5, 5.41) is 14.3. The van der Waals surface area contributed by atoms with E-state index in [1.54, 1.807) is 23.0 Å². The van der Waals surface area contributed by atoms with Gasteiger partial charge in [0.1, 0.15) is 0 Å². The van der Waals surface area contributed by atoms with Crippen molar-refractivity contribution in [2.24, 2.45) is 5.92 Å². The maximum absolute atomic E-state index is 12.7. The van der Waals surface area contributed by atoms with Crippen LogP contribution in [0.5, 0.6) is 0 Å². The molecule has 23 heavy (non-hydrogen) atoms. The molecule has 0 radical (unpaired) electrons. The van der Waals surface area contributed by atoms with Crippen LogP contribution in [0.25, 0.3) is 5.69 Å². The number of aromatic nitrogens is 2. The number of para-hydroxylation sites is 1. The first-order valence-electron chi connectivity index (χ1n) is 7.82. The molecule has 2 atom stereocenters. The third-order valence-corrected chi connectivity index (χ3v) is 4.73. The van der Waals surface area contributed by atoms with E-state index in [2.05, 4.69) is 5.10 Å². The molecule has 0 bridgehead atoms. The van der Waals surface area contributed by atoms with E-state index in [9.17, 15) is 9.90 Å². The van der Waals surface area contributed by atoms with E-state index in [0.29, 0.717) is 17.3 Å². The minimum atomic E-state index is -0.0959. The lowest BCUT2D eigenvalue weighted by molar-refractivity contribution is 0.0483. The highest BCUT2D eigenvalue weighted by Crippen LogP contribution is 2.24. The zero-order valence-electron chi connectivity index (χ0n) is 13.0. The fourth-order valence-electron chi connectivity index (χ4n) is 2.97. The molecule has 2 aromatic rings. The molecule has 2 heterocycles. The fourth-order valence-corrected chi connectivity index (χ4v) is 3.19. The van der Waals surface area contributed by atoms with Crippen molar-refractivity contribution in [3.05, 3.63) is 47.2 Å². The Balaban J connectivity index is 1.82. The molecule has 0 aliphatic carbocycles. The normalized spacial score (nSPS) is 21.4. The number of nitrogens with zero attached hydrogens (tertiary/aromatic N) is 3. The van der Waals surface area contributed by atoms with Crippen molar-refractivity contribution in [3.8, 4) is 5.69 Å². The average molecular weight is 334 g/mol. The van der Waals surface area contributed by atoms with E-state index in [-0.39, 0.29) is 24.5 Å². The van der Waals surface area contributed by atoms with Gasteiger partial charge in [0, 0.05) is 25.4 Å². The highest BCUT2D eigenvalue weighted by atomic mass is 35.5. The maximum Gasteiger partial charge on any atom is 0.274 e. The van der Waals surface area contributed by atoms with E-state index in [1.807, 2.05) is 30.0 Å². The summed E-state index contributed by atoms with van der Waals surface area (Å²) in [4.78, 5) is 14.5. The number of aliphatic hydroxyl groups excluding tert-OH is 1. The Kier molecular flexibility index (Phi) is 4.68. The molecule has 2 unspecified atom stereocenters. The van der Waals surface area contributed by atoms with Crippen LogP contribution in [0.4, 0.5) is 0 Å². The van der Waals surface area contributed by atoms with Crippen molar-refractivity contribution >= 4 is 17.5 Å². The predicted octanol–water partition coefficient (Wildman–Crippen LogP) is 2.76. The van der Waals surface area contributed by atoms with E-state index in [0.717, 1.165) is 18.5 Å². The largest absolute Gasteiger partial charge is 0.396 e. The topological polar surface area (TPSA) is 58.4 Å². The number of piperidine rings is 1. The van der Waals surface area contributed by atoms with E-state index >= 15 is 0 Å². The Bertz CT molecular complexity index is 701. The SMILES string of the molecule is CC1CCC(CO)CN1C(=O)c1ccn(-c2ccccc2Cl)n1. The number of halogens is 1. The standard InChI is InChI=1S/C17H20ClN3O2/c1-12-6-7-13(11-22)10-20(12)17(23)15-8-9-21(19-15)16-5-3-2-4-14(16)18/h2-5,8-9,12-13,22H,6-7,10-11H2,1H3. The van der Waals surface area contributed by atoms with Gasteiger partial charge in [-0.2, -0.15) is 5.10 Å². The van der Waals surface area contributed by atoms with Gasteiger partial charge >= 0.3 is 0 Å². The predicted molar refractivity (Wildman–Crippen MR) is 88.9 cm³/mol. The molecule has 1 aromatic heterocycles. The van der Waals surface area contributed by atoms with Gasteiger partial charge in [-0.05, 0) is 43.9 Å². The van der Waals surface area contributed by atoms with Crippen molar-refractivity contribution in [2.75, 3.05) is 13.2 Å². The smallest absolute Gasteiger partial charge is 0.274 e. The Morgan fingerprint density at radius 3 is 2.87 bits per heavy atom. The zero-order valence-corrected chi connectivity index (χ0v) is 13.8. The maximum atomic E-state index is 12.7. The van der Waals surface area contributed by atoms with E-state index < -0.39 is 0 Å². The monoisotopic (exact) mass is 333 g/mol. The lowest BCUT2D eigenvalue weighted by Gasteiger charge is -2.37. The first kappa shape index (κ1) is 16.0. The summed E-state index contributed by atoms with van der Waals surface area (Å²) >= 11 is 6.17. The summed E-state index contributed by atoms with van der Waals surface area (Å²) in [6, 6.07) is 9.25. The molecule has 0 saturated carbocycles. The molecule has 1 amide bonds. The van der Waals surface area contributed by atoms with Gasteiger partial charge in [-0.15, -0.1) is 0 Å². The van der Waals surface area contributed by atoms with Crippen LogP contribution in [0, 0.1) is 5.92 Å². The second-order valence-electron chi connectivity index (χ2n) is 6.03. The molecule has 1 aromatic carbocycles. The van der Waals surface area contributed by atoms with Crippen LogP contribution in [-0.2, 0) is 0 Å².